The van der Waals surface area contributed by atoms with Crippen LogP contribution in [0.4, 0.5) is 0 Å². The maximum absolute atomic E-state index is 13.1. The number of carboxylic acid groups (broad SMARTS) is 1. The molecule has 0 unspecified atom stereocenters. The van der Waals surface area contributed by atoms with Gasteiger partial charge in [0.1, 0.15) is 16.8 Å². The number of nitrogens with one attached hydrogen (secondary N) is 1. The van der Waals surface area contributed by atoms with E-state index in [1.165, 1.54) is 31.0 Å². The van der Waals surface area contributed by atoms with E-state index in [4.69, 9.17) is 20.1 Å². The second-order valence-electron chi connectivity index (χ2n) is 15.3. The number of likely N-dealkylation sites (N-methyl/N-ethyl adjacent to an activating group) is 4. The number of carbonyl (C=O) groups excluding carboxylic acids is 7. The number of sulfonamides is 2. The number of fused-ring (bicyclic) bond motifs is 2. The van der Waals surface area contributed by atoms with Crippen molar-refractivity contribution >= 4 is 110 Å². The van der Waals surface area contributed by atoms with Gasteiger partial charge in [-0.2, -0.15) is 0 Å². The first-order valence-corrected chi connectivity index (χ1v) is 28.5. The van der Waals surface area contributed by atoms with Gasteiger partial charge in [0.25, 0.3) is 5.91 Å². The van der Waals surface area contributed by atoms with Crippen LogP contribution in [0.1, 0.15) is 77.6 Å². The Hall–Kier alpha value is -5.16. The van der Waals surface area contributed by atoms with Crippen LogP contribution in [-0.2, 0) is 97.0 Å². The molecule has 4 atom stereocenters. The number of nitrogens with zero attached hydrogens (tertiary/aromatic N) is 3. The fourth-order valence-corrected chi connectivity index (χ4v) is 15.4. The number of amides is 3. The molecule has 4 heterocycles. The molecule has 71 heavy (non-hydrogen) atoms. The van der Waals surface area contributed by atoms with Gasteiger partial charge in [0.05, 0.1) is 35.7 Å². The lowest BCUT2D eigenvalue weighted by Crippen LogP contribution is -2.45. The summed E-state index contributed by atoms with van der Waals surface area (Å²) in [6.07, 6.45) is 0.251. The molecule has 0 aromatic carbocycles. The fourth-order valence-electron chi connectivity index (χ4n) is 6.59. The van der Waals surface area contributed by atoms with Crippen LogP contribution in [0.2, 0.25) is 0 Å². The minimum atomic E-state index is -4.16. The number of primary sulfonamides is 2. The Morgan fingerprint density at radius 2 is 1.06 bits per heavy atom. The van der Waals surface area contributed by atoms with Crippen molar-refractivity contribution in [2.24, 2.45) is 10.3 Å². The Kier molecular flexibility index (Phi) is 22.7. The average molecular weight is 1130 g/mol. The first-order valence-electron chi connectivity index (χ1n) is 20.7. The van der Waals surface area contributed by atoms with Gasteiger partial charge in [0.2, 0.25) is 31.9 Å². The normalized spacial score (nSPS) is 18.5. The highest BCUT2D eigenvalue weighted by atomic mass is 32.3. The number of esters is 4. The summed E-state index contributed by atoms with van der Waals surface area (Å²) >= 11 is 1.20. The number of sulfone groups is 2. The molecule has 400 valence electrons. The smallest absolute Gasteiger partial charge is 0.344 e. The van der Waals surface area contributed by atoms with Crippen LogP contribution in [0, 0.1) is 0 Å². The molecule has 33 heteroatoms. The van der Waals surface area contributed by atoms with E-state index in [0.717, 1.165) is 18.7 Å². The third-order valence-electron chi connectivity index (χ3n) is 10.1. The zero-order valence-electron chi connectivity index (χ0n) is 39.6. The number of ether oxygens (including phenoxy) is 4. The Morgan fingerprint density at radius 3 is 1.39 bits per heavy atom. The van der Waals surface area contributed by atoms with Crippen LogP contribution in [0.25, 0.3) is 0 Å². The Labute approximate surface area is 418 Å². The molecule has 6 N–H and O–H groups in total. The molecule has 27 nitrogen and oxygen atoms in total. The van der Waals surface area contributed by atoms with E-state index in [1.807, 2.05) is 0 Å². The maximum atomic E-state index is 13.1. The summed E-state index contributed by atoms with van der Waals surface area (Å²) in [7, 11) is -12.6. The summed E-state index contributed by atoms with van der Waals surface area (Å²) in [6, 6.07) is 1.23. The summed E-state index contributed by atoms with van der Waals surface area (Å²) in [4.78, 5) is 94.3. The quantitative estimate of drug-likeness (QED) is 0.0991. The standard InChI is InChI=1S/C19H27N3O10S3.C13H21N3O5S3.C6H8O6/c1-5-22(15(24)8-21(4)16(25)9-32-17(26)10-31-12(3)23)14-6-11(2)34(27,28)19-13(14)7-18(33-19)35(20,29)30;1-4-16(11(17)7-15-3)10-5-8(2)23(18,19)13-9(10)6-12(22-13)24(14,20)21;1-4(7)11-3-6(10)12-2-5(8)9/h7,11,14H,5-6,8-10H2,1-4H3,(H2,20,29,30);6,8,10,15H,4-5,7H2,1-3H3,(H2,14,20,21);2-3H2,1H3,(H,8,9)/t11-,14-;8-,10-;/m00./s1. The highest BCUT2D eigenvalue weighted by Crippen LogP contribution is 2.46. The predicted molar refractivity (Wildman–Crippen MR) is 249 cm³/mol. The molecule has 2 aliphatic rings. The van der Waals surface area contributed by atoms with Crippen molar-refractivity contribution in [3.63, 3.8) is 0 Å². The van der Waals surface area contributed by atoms with Gasteiger partial charge in [-0.05, 0) is 59.7 Å². The van der Waals surface area contributed by atoms with Gasteiger partial charge >= 0.3 is 29.8 Å². The lowest BCUT2D eigenvalue weighted by molar-refractivity contribution is -0.162. The molecule has 0 fully saturated rings. The molecule has 3 amide bonds. The van der Waals surface area contributed by atoms with Crippen LogP contribution >= 0.6 is 22.7 Å². The van der Waals surface area contributed by atoms with Crippen molar-refractivity contribution in [3.05, 3.63) is 23.3 Å². The van der Waals surface area contributed by atoms with Gasteiger partial charge in [-0.3, -0.25) is 24.0 Å². The highest BCUT2D eigenvalue weighted by molar-refractivity contribution is 7.96. The monoisotopic (exact) mass is 1120 g/mol. The van der Waals surface area contributed by atoms with Crippen LogP contribution < -0.4 is 15.6 Å². The minimum Gasteiger partial charge on any atom is -0.479 e. The number of hydrogen-bond donors (Lipinski definition) is 4. The van der Waals surface area contributed by atoms with Gasteiger partial charge in [0.15, 0.2) is 46.1 Å². The summed E-state index contributed by atoms with van der Waals surface area (Å²) in [5.41, 5.74) is 0.508. The second-order valence-corrected chi connectivity index (χ2v) is 26.1. The Bertz CT molecular complexity index is 2770. The molecular formula is C38H56N6O21S6. The zero-order chi connectivity index (χ0) is 54.6. The largest absolute Gasteiger partial charge is 0.479 e. The molecule has 2 aromatic rings. The minimum absolute atomic E-state index is 0.00835. The molecule has 0 spiro atoms. The van der Waals surface area contributed by atoms with Crippen molar-refractivity contribution in [2.45, 2.75) is 93.8 Å². The molecule has 4 rings (SSSR count). The van der Waals surface area contributed by atoms with E-state index in [-0.39, 0.29) is 54.2 Å². The predicted octanol–water partition coefficient (Wildman–Crippen LogP) is -1.34. The molecule has 0 saturated carbocycles. The first-order chi connectivity index (χ1) is 32.6. The van der Waals surface area contributed by atoms with Crippen molar-refractivity contribution in [1.82, 2.24) is 20.0 Å². The van der Waals surface area contributed by atoms with Crippen LogP contribution in [0.5, 0.6) is 0 Å². The Balaban J connectivity index is 0.000000412. The van der Waals surface area contributed by atoms with Gasteiger partial charge in [-0.1, -0.05) is 0 Å². The van der Waals surface area contributed by atoms with Crippen LogP contribution in [-0.4, -0.2) is 178 Å². The number of carboxylic acids is 1. The molecular weight excluding hydrogens is 1070 g/mol. The SMILES string of the molecule is CC(=O)OCC(=O)OCC(=O)O.CCN(C(=O)CN(C)C(=O)COC(=O)COC(C)=O)[C@H]1C[C@H](C)S(=O)(=O)c2sc(S(N)(=O)=O)cc21.CCN(C(=O)CNC)[C@H]1C[C@H](C)S(=O)(=O)c2sc(S(N)(=O)=O)cc21. The first kappa shape index (κ1) is 62.0. The van der Waals surface area contributed by atoms with Crippen molar-refractivity contribution in [3.8, 4) is 0 Å². The van der Waals surface area contributed by atoms with E-state index >= 15 is 0 Å². The topological polar surface area (TPSA) is 404 Å². The van der Waals surface area contributed by atoms with Gasteiger partial charge < -0.3 is 44.1 Å². The van der Waals surface area contributed by atoms with E-state index in [0.29, 0.717) is 34.8 Å². The van der Waals surface area contributed by atoms with Crippen molar-refractivity contribution in [2.75, 3.05) is 66.7 Å². The molecule has 0 bridgehead atoms. The van der Waals surface area contributed by atoms with Gasteiger partial charge in [-0.25, -0.2) is 58.3 Å². The highest BCUT2D eigenvalue weighted by Gasteiger charge is 2.44. The number of nitrogens with two attached hydrogens (primary N) is 2. The lowest BCUT2D eigenvalue weighted by atomic mass is 10.0. The summed E-state index contributed by atoms with van der Waals surface area (Å²) < 4.78 is 114. The lowest BCUT2D eigenvalue weighted by Gasteiger charge is -2.36. The van der Waals surface area contributed by atoms with E-state index in [2.05, 4.69) is 19.5 Å². The second kappa shape index (κ2) is 26.0. The van der Waals surface area contributed by atoms with Crippen molar-refractivity contribution < 1.29 is 96.1 Å². The average Bonchev–Trinajstić information content (AvgIpc) is 3.94. The van der Waals surface area contributed by atoms with Crippen molar-refractivity contribution in [1.29, 1.82) is 0 Å². The molecule has 2 aliphatic heterocycles. The number of aliphatic carboxylic acids is 1. The van der Waals surface area contributed by atoms with Crippen LogP contribution in [0.15, 0.2) is 29.0 Å². The van der Waals surface area contributed by atoms with E-state index < -0.39 is 137 Å². The third kappa shape index (κ3) is 17.2. The summed E-state index contributed by atoms with van der Waals surface area (Å²) in [5, 5.41) is 19.6. The molecule has 0 aliphatic carbocycles. The van der Waals surface area contributed by atoms with E-state index in [1.54, 1.807) is 32.7 Å². The van der Waals surface area contributed by atoms with E-state index in [9.17, 15) is 72.0 Å². The fraction of sp³-hybridized carbons (Fsp3) is 0.579. The molecule has 0 saturated heterocycles. The summed E-state index contributed by atoms with van der Waals surface area (Å²) in [6.45, 7) is 6.38. The Morgan fingerprint density at radius 1 is 0.676 bits per heavy atom. The number of hydrogen-bond acceptors (Lipinski definition) is 23. The van der Waals surface area contributed by atoms with Crippen LogP contribution in [0.3, 0.4) is 0 Å². The number of rotatable bonds is 18. The summed E-state index contributed by atoms with van der Waals surface area (Å²) in [5.74, 6) is -5.79. The number of carbonyl (C=O) groups is 8. The number of thiophene rings is 2. The molecule has 0 radical (unpaired) electrons. The van der Waals surface area contributed by atoms with Gasteiger partial charge in [0, 0.05) is 45.1 Å². The van der Waals surface area contributed by atoms with Gasteiger partial charge in [-0.15, -0.1) is 22.7 Å². The maximum Gasteiger partial charge on any atom is 0.344 e. The zero-order valence-corrected chi connectivity index (χ0v) is 44.5. The third-order valence-corrected chi connectivity index (χ3v) is 20.7. The molecule has 2 aromatic heterocycles.